The van der Waals surface area contributed by atoms with Gasteiger partial charge >= 0.3 is 0 Å². The summed E-state index contributed by atoms with van der Waals surface area (Å²) in [4.78, 5) is 3.81. The van der Waals surface area contributed by atoms with Crippen molar-refractivity contribution < 1.29 is 0 Å². The number of halogens is 1. The average molecular weight is 132 g/mol. The van der Waals surface area contributed by atoms with E-state index in [1.54, 1.807) is 6.21 Å². The molecule has 3 N–H and O–H groups in total. The molecule has 4 heteroatoms. The van der Waals surface area contributed by atoms with Crippen molar-refractivity contribution in [3.63, 3.8) is 0 Å². The summed E-state index contributed by atoms with van der Waals surface area (Å²) in [6.07, 6.45) is 1.54. The van der Waals surface area contributed by atoms with E-state index in [4.69, 9.17) is 17.3 Å². The van der Waals surface area contributed by atoms with Gasteiger partial charge in [0.2, 0.25) is 0 Å². The molecule has 1 rings (SSSR count). The van der Waals surface area contributed by atoms with Crippen LogP contribution < -0.4 is 11.1 Å². The summed E-state index contributed by atoms with van der Waals surface area (Å²) in [5, 5.41) is 3.24. The number of aliphatic imine (C=N–C) groups is 1. The Kier molecular flexibility index (Phi) is 1.39. The zero-order valence-electron chi connectivity index (χ0n) is 4.19. The highest BCUT2D eigenvalue weighted by Crippen LogP contribution is 2.00. The third-order valence-electron chi connectivity index (χ3n) is 0.809. The summed E-state index contributed by atoms with van der Waals surface area (Å²) < 4.78 is 0. The molecule has 0 saturated heterocycles. The van der Waals surface area contributed by atoms with Crippen LogP contribution >= 0.6 is 11.6 Å². The van der Waals surface area contributed by atoms with Crippen molar-refractivity contribution >= 4 is 17.8 Å². The number of rotatable bonds is 0. The maximum Gasteiger partial charge on any atom is 0.128 e. The van der Waals surface area contributed by atoms with Crippen LogP contribution in [-0.2, 0) is 0 Å². The van der Waals surface area contributed by atoms with Crippen LogP contribution in [0, 0.1) is 0 Å². The molecule has 44 valence electrons. The summed E-state index contributed by atoms with van der Waals surface area (Å²) >= 11 is 5.52. The smallest absolute Gasteiger partial charge is 0.128 e. The molecule has 3 nitrogen and oxygen atoms in total. The fourth-order valence-corrected chi connectivity index (χ4v) is 0.526. The minimum atomic E-state index is 0.486. The van der Waals surface area contributed by atoms with Gasteiger partial charge in [-0.15, -0.1) is 0 Å². The minimum absolute atomic E-state index is 0.486. The molecule has 0 aliphatic carbocycles. The molecule has 0 bridgehead atoms. The van der Waals surface area contributed by atoms with E-state index in [1.165, 1.54) is 0 Å². The Hall–Kier alpha value is -0.700. The Labute approximate surface area is 52.2 Å². The van der Waals surface area contributed by atoms with E-state index in [-0.39, 0.29) is 0 Å². The van der Waals surface area contributed by atoms with E-state index in [1.807, 2.05) is 0 Å². The van der Waals surface area contributed by atoms with E-state index in [0.717, 1.165) is 0 Å². The van der Waals surface area contributed by atoms with Crippen LogP contribution in [-0.4, -0.2) is 12.9 Å². The fourth-order valence-electron chi connectivity index (χ4n) is 0.418. The monoisotopic (exact) mass is 131 g/mol. The molecule has 0 aromatic rings. The Morgan fingerprint density at radius 3 is 3.00 bits per heavy atom. The maximum absolute atomic E-state index is 5.52. The van der Waals surface area contributed by atoms with E-state index >= 15 is 0 Å². The molecule has 0 fully saturated rings. The Balaban J connectivity index is 2.76. The van der Waals surface area contributed by atoms with Crippen molar-refractivity contribution in [2.45, 2.75) is 0 Å². The topological polar surface area (TPSA) is 50.4 Å². The van der Waals surface area contributed by atoms with E-state index in [0.29, 0.717) is 17.5 Å². The highest BCUT2D eigenvalue weighted by Gasteiger charge is 1.98. The van der Waals surface area contributed by atoms with Gasteiger partial charge in [-0.3, -0.25) is 4.99 Å². The van der Waals surface area contributed by atoms with Crippen LogP contribution in [0.15, 0.2) is 15.8 Å². The van der Waals surface area contributed by atoms with Gasteiger partial charge in [0.25, 0.3) is 0 Å². The van der Waals surface area contributed by atoms with Crippen LogP contribution in [0.4, 0.5) is 0 Å². The second-order valence-corrected chi connectivity index (χ2v) is 1.79. The lowest BCUT2D eigenvalue weighted by Crippen LogP contribution is -2.20. The van der Waals surface area contributed by atoms with Gasteiger partial charge in [-0.25, -0.2) is 0 Å². The summed E-state index contributed by atoms with van der Waals surface area (Å²) in [5.74, 6) is 0. The molecular formula is C4H6ClN3. The quantitative estimate of drug-likeness (QED) is 0.454. The molecule has 0 unspecified atom stereocenters. The molecule has 0 atom stereocenters. The van der Waals surface area contributed by atoms with Gasteiger partial charge in [0.1, 0.15) is 11.8 Å². The predicted octanol–water partition coefficient (Wildman–Crippen LogP) is -0.0155. The zero-order valence-corrected chi connectivity index (χ0v) is 4.94. The Bertz CT molecular complexity index is 149. The van der Waals surface area contributed by atoms with E-state index in [9.17, 15) is 0 Å². The summed E-state index contributed by atoms with van der Waals surface area (Å²) in [5.41, 5.74) is 5.81. The highest BCUT2D eigenvalue weighted by molar-refractivity contribution is 6.30. The SMILES string of the molecule is NC1=C(Cl)NCN=C1. The molecule has 8 heavy (non-hydrogen) atoms. The standard InChI is InChI=1S/C4H6ClN3/c5-4-3(6)1-7-2-8-4/h1,8H,2,6H2. The lowest BCUT2D eigenvalue weighted by molar-refractivity contribution is 0.849. The molecule has 0 aromatic carbocycles. The van der Waals surface area contributed by atoms with Crippen molar-refractivity contribution in [3.8, 4) is 0 Å². The predicted molar refractivity (Wildman–Crippen MR) is 33.6 cm³/mol. The minimum Gasteiger partial charge on any atom is -0.395 e. The Morgan fingerprint density at radius 1 is 1.88 bits per heavy atom. The van der Waals surface area contributed by atoms with Crippen molar-refractivity contribution in [1.29, 1.82) is 0 Å². The summed E-state index contributed by atoms with van der Waals surface area (Å²) in [7, 11) is 0. The van der Waals surface area contributed by atoms with Gasteiger partial charge in [0.15, 0.2) is 0 Å². The first-order chi connectivity index (χ1) is 3.80. The second-order valence-electron chi connectivity index (χ2n) is 1.42. The van der Waals surface area contributed by atoms with Crippen LogP contribution in [0.1, 0.15) is 0 Å². The van der Waals surface area contributed by atoms with Crippen LogP contribution in [0.2, 0.25) is 0 Å². The molecule has 0 amide bonds. The molecule has 0 saturated carbocycles. The van der Waals surface area contributed by atoms with Gasteiger partial charge in [-0.05, 0) is 0 Å². The fraction of sp³-hybridized carbons (Fsp3) is 0.250. The number of nitrogens with two attached hydrogens (primary N) is 1. The third-order valence-corrected chi connectivity index (χ3v) is 1.16. The van der Waals surface area contributed by atoms with Crippen molar-refractivity contribution in [2.24, 2.45) is 10.7 Å². The van der Waals surface area contributed by atoms with Crippen LogP contribution in [0.3, 0.4) is 0 Å². The normalized spacial score (nSPS) is 18.6. The third kappa shape index (κ3) is 0.924. The van der Waals surface area contributed by atoms with Gasteiger partial charge in [0, 0.05) is 6.21 Å². The Morgan fingerprint density at radius 2 is 2.62 bits per heavy atom. The first-order valence-corrected chi connectivity index (χ1v) is 2.57. The number of hydrogen-bond donors (Lipinski definition) is 2. The van der Waals surface area contributed by atoms with Crippen LogP contribution in [0.25, 0.3) is 0 Å². The summed E-state index contributed by atoms with van der Waals surface area (Å²) in [6, 6.07) is 0. The highest BCUT2D eigenvalue weighted by atomic mass is 35.5. The molecule has 1 aliphatic heterocycles. The molecule has 1 heterocycles. The van der Waals surface area contributed by atoms with Gasteiger partial charge in [-0.2, -0.15) is 0 Å². The number of nitrogens with one attached hydrogen (secondary N) is 1. The molecule has 0 spiro atoms. The van der Waals surface area contributed by atoms with Gasteiger partial charge in [-0.1, -0.05) is 11.6 Å². The first kappa shape index (κ1) is 5.44. The van der Waals surface area contributed by atoms with Crippen LogP contribution in [0.5, 0.6) is 0 Å². The molecule has 0 aromatic heterocycles. The van der Waals surface area contributed by atoms with E-state index < -0.39 is 0 Å². The molecular weight excluding hydrogens is 126 g/mol. The van der Waals surface area contributed by atoms with Crippen molar-refractivity contribution in [1.82, 2.24) is 5.32 Å². The largest absolute Gasteiger partial charge is 0.395 e. The zero-order chi connectivity index (χ0) is 5.98. The van der Waals surface area contributed by atoms with Crippen molar-refractivity contribution in [2.75, 3.05) is 6.67 Å². The maximum atomic E-state index is 5.52. The lowest BCUT2D eigenvalue weighted by Gasteiger charge is -2.06. The summed E-state index contributed by atoms with van der Waals surface area (Å²) in [6.45, 7) is 0.527. The second kappa shape index (κ2) is 2.05. The van der Waals surface area contributed by atoms with E-state index in [2.05, 4.69) is 10.3 Å². The molecule has 0 radical (unpaired) electrons. The number of allylic oxidation sites excluding steroid dienone is 1. The number of nitrogens with zero attached hydrogens (tertiary/aromatic N) is 1. The van der Waals surface area contributed by atoms with Crippen molar-refractivity contribution in [3.05, 3.63) is 10.9 Å². The van der Waals surface area contributed by atoms with Gasteiger partial charge < -0.3 is 11.1 Å². The molecule has 1 aliphatic rings. The first-order valence-electron chi connectivity index (χ1n) is 2.19. The lowest BCUT2D eigenvalue weighted by atomic mass is 10.5. The number of hydrogen-bond acceptors (Lipinski definition) is 3. The average Bonchev–Trinajstić information content (AvgIpc) is 1.77. The van der Waals surface area contributed by atoms with Gasteiger partial charge in [0.05, 0.1) is 5.70 Å².